The fraction of sp³-hybridized carbons (Fsp3) is 0.273. The molecule has 1 aromatic heterocycles. The van der Waals surface area contributed by atoms with Crippen LogP contribution in [-0.4, -0.2) is 28.1 Å². The molecule has 1 N–H and O–H groups in total. The molecule has 1 aromatic carbocycles. The first kappa shape index (κ1) is 11.0. The molecule has 0 aliphatic carbocycles. The number of oxazole rings is 1. The molecule has 0 unspecified atom stereocenters. The van der Waals surface area contributed by atoms with Crippen molar-refractivity contribution in [1.29, 1.82) is 0 Å². The number of rotatable bonds is 4. The fourth-order valence-corrected chi connectivity index (χ4v) is 1.78. The van der Waals surface area contributed by atoms with Crippen LogP contribution in [0.4, 0.5) is 0 Å². The molecule has 0 fully saturated rings. The van der Waals surface area contributed by atoms with Crippen molar-refractivity contribution in [3.8, 4) is 0 Å². The zero-order valence-electron chi connectivity index (χ0n) is 8.77. The maximum atomic E-state index is 10.8. The number of nitrogens with zero attached hydrogens (tertiary/aromatic N) is 1. The first-order valence-corrected chi connectivity index (χ1v) is 6.22. The molecule has 0 saturated carbocycles. The first-order valence-electron chi connectivity index (χ1n) is 4.82. The summed E-state index contributed by atoms with van der Waals surface area (Å²) in [7, 11) is 0. The summed E-state index contributed by atoms with van der Waals surface area (Å²) in [6.07, 6.45) is 2.78. The Morgan fingerprint density at radius 1 is 1.56 bits per heavy atom. The Bertz CT molecular complexity index is 521. The van der Waals surface area contributed by atoms with Crippen molar-refractivity contribution in [1.82, 2.24) is 4.98 Å². The molecule has 0 aliphatic heterocycles. The Kier molecular flexibility index (Phi) is 3.14. The summed E-state index contributed by atoms with van der Waals surface area (Å²) >= 11 is 1.72. The third-order valence-corrected chi connectivity index (χ3v) is 2.81. The first-order chi connectivity index (χ1) is 7.70. The van der Waals surface area contributed by atoms with Crippen LogP contribution in [0.1, 0.15) is 16.2 Å². The molecular formula is C11H11NO3S. The summed E-state index contributed by atoms with van der Waals surface area (Å²) in [4.78, 5) is 15.0. The van der Waals surface area contributed by atoms with Gasteiger partial charge in [0, 0.05) is 12.2 Å². The molecule has 0 saturated heterocycles. The third-order valence-electron chi connectivity index (χ3n) is 2.20. The number of benzene rings is 1. The number of aromatic carboxylic acids is 1. The van der Waals surface area contributed by atoms with E-state index in [9.17, 15) is 4.79 Å². The smallest absolute Gasteiger partial charge is 0.335 e. The van der Waals surface area contributed by atoms with Crippen LogP contribution in [0.25, 0.3) is 11.1 Å². The summed E-state index contributed by atoms with van der Waals surface area (Å²) in [5.41, 5.74) is 1.47. The SMILES string of the molecule is CSCCc1nc2ccc(C(=O)O)cc2o1. The Balaban J connectivity index is 2.34. The molecule has 2 rings (SSSR count). The minimum atomic E-state index is -0.955. The Morgan fingerprint density at radius 3 is 3.06 bits per heavy atom. The highest BCUT2D eigenvalue weighted by molar-refractivity contribution is 7.98. The lowest BCUT2D eigenvalue weighted by atomic mass is 10.2. The predicted molar refractivity (Wildman–Crippen MR) is 63.1 cm³/mol. The number of hydrogen-bond acceptors (Lipinski definition) is 4. The van der Waals surface area contributed by atoms with Crippen molar-refractivity contribution in [2.45, 2.75) is 6.42 Å². The van der Waals surface area contributed by atoms with Gasteiger partial charge in [-0.15, -0.1) is 0 Å². The Hall–Kier alpha value is -1.49. The average Bonchev–Trinajstić information content (AvgIpc) is 2.67. The molecule has 0 aliphatic rings. The zero-order valence-corrected chi connectivity index (χ0v) is 9.58. The van der Waals surface area contributed by atoms with E-state index in [1.165, 1.54) is 12.1 Å². The van der Waals surface area contributed by atoms with Gasteiger partial charge in [0.1, 0.15) is 5.52 Å². The number of aryl methyl sites for hydroxylation is 1. The van der Waals surface area contributed by atoms with Crippen LogP contribution in [0, 0.1) is 0 Å². The van der Waals surface area contributed by atoms with Crippen molar-refractivity contribution in [2.75, 3.05) is 12.0 Å². The molecule has 0 atom stereocenters. The van der Waals surface area contributed by atoms with Crippen LogP contribution < -0.4 is 0 Å². The van der Waals surface area contributed by atoms with E-state index in [2.05, 4.69) is 4.98 Å². The molecule has 84 valence electrons. The summed E-state index contributed by atoms with van der Waals surface area (Å²) in [6.45, 7) is 0. The number of aromatic nitrogens is 1. The van der Waals surface area contributed by atoms with Crippen molar-refractivity contribution >= 4 is 28.8 Å². The van der Waals surface area contributed by atoms with E-state index in [-0.39, 0.29) is 5.56 Å². The maximum absolute atomic E-state index is 10.8. The molecular weight excluding hydrogens is 226 g/mol. The van der Waals surface area contributed by atoms with E-state index < -0.39 is 5.97 Å². The summed E-state index contributed by atoms with van der Waals surface area (Å²) in [5.74, 6) is 0.648. The second-order valence-electron chi connectivity index (χ2n) is 3.34. The molecule has 5 heteroatoms. The number of hydrogen-bond donors (Lipinski definition) is 1. The van der Waals surface area contributed by atoms with Gasteiger partial charge in [-0.05, 0) is 24.5 Å². The highest BCUT2D eigenvalue weighted by atomic mass is 32.2. The molecule has 0 bridgehead atoms. The molecule has 16 heavy (non-hydrogen) atoms. The zero-order chi connectivity index (χ0) is 11.5. The van der Waals surface area contributed by atoms with Gasteiger partial charge in [-0.2, -0.15) is 11.8 Å². The Morgan fingerprint density at radius 2 is 2.38 bits per heavy atom. The number of carboxylic acid groups (broad SMARTS) is 1. The normalized spacial score (nSPS) is 10.8. The lowest BCUT2D eigenvalue weighted by molar-refractivity contribution is 0.0697. The molecule has 4 nitrogen and oxygen atoms in total. The van der Waals surface area contributed by atoms with Gasteiger partial charge in [0.2, 0.25) is 0 Å². The standard InChI is InChI=1S/C11H11NO3S/c1-16-5-4-10-12-8-3-2-7(11(13)14)6-9(8)15-10/h2-3,6H,4-5H2,1H3,(H,13,14). The van der Waals surface area contributed by atoms with E-state index in [0.29, 0.717) is 17.0 Å². The molecule has 0 radical (unpaired) electrons. The van der Waals surface area contributed by atoms with Crippen LogP contribution in [-0.2, 0) is 6.42 Å². The van der Waals surface area contributed by atoms with Crippen molar-refractivity contribution in [2.24, 2.45) is 0 Å². The highest BCUT2D eigenvalue weighted by Gasteiger charge is 2.09. The van der Waals surface area contributed by atoms with Gasteiger partial charge in [-0.3, -0.25) is 0 Å². The highest BCUT2D eigenvalue weighted by Crippen LogP contribution is 2.18. The van der Waals surface area contributed by atoms with Crippen LogP contribution in [0.15, 0.2) is 22.6 Å². The minimum absolute atomic E-state index is 0.222. The van der Waals surface area contributed by atoms with Crippen molar-refractivity contribution in [3.63, 3.8) is 0 Å². The maximum Gasteiger partial charge on any atom is 0.335 e. The molecule has 0 spiro atoms. The minimum Gasteiger partial charge on any atom is -0.478 e. The van der Waals surface area contributed by atoms with Gasteiger partial charge in [-0.25, -0.2) is 9.78 Å². The van der Waals surface area contributed by atoms with Gasteiger partial charge < -0.3 is 9.52 Å². The largest absolute Gasteiger partial charge is 0.478 e. The lowest BCUT2D eigenvalue weighted by Gasteiger charge is -1.91. The van der Waals surface area contributed by atoms with Gasteiger partial charge in [0.05, 0.1) is 5.56 Å². The quantitative estimate of drug-likeness (QED) is 0.884. The second-order valence-corrected chi connectivity index (χ2v) is 4.32. The monoisotopic (exact) mass is 237 g/mol. The van der Waals surface area contributed by atoms with Crippen molar-refractivity contribution in [3.05, 3.63) is 29.7 Å². The van der Waals surface area contributed by atoms with E-state index >= 15 is 0 Å². The van der Waals surface area contributed by atoms with Crippen LogP contribution in [0.5, 0.6) is 0 Å². The number of fused-ring (bicyclic) bond motifs is 1. The average molecular weight is 237 g/mol. The third kappa shape index (κ3) is 2.19. The van der Waals surface area contributed by atoms with Gasteiger partial charge >= 0.3 is 5.97 Å². The van der Waals surface area contributed by atoms with Crippen molar-refractivity contribution < 1.29 is 14.3 Å². The van der Waals surface area contributed by atoms with Gasteiger partial charge in [0.15, 0.2) is 11.5 Å². The Labute approximate surface area is 96.7 Å². The molecule has 1 heterocycles. The van der Waals surface area contributed by atoms with E-state index in [0.717, 1.165) is 12.2 Å². The number of carboxylic acids is 1. The van der Waals surface area contributed by atoms with E-state index in [1.54, 1.807) is 17.8 Å². The van der Waals surface area contributed by atoms with Crippen LogP contribution in [0.3, 0.4) is 0 Å². The lowest BCUT2D eigenvalue weighted by Crippen LogP contribution is -1.94. The van der Waals surface area contributed by atoms with Crippen LogP contribution >= 0.6 is 11.8 Å². The summed E-state index contributed by atoms with van der Waals surface area (Å²) in [6, 6.07) is 4.71. The molecule has 0 amide bonds. The van der Waals surface area contributed by atoms with Gasteiger partial charge in [-0.1, -0.05) is 0 Å². The number of carbonyl (C=O) groups is 1. The van der Waals surface area contributed by atoms with E-state index in [4.69, 9.17) is 9.52 Å². The second kappa shape index (κ2) is 4.57. The fourth-order valence-electron chi connectivity index (χ4n) is 1.40. The topological polar surface area (TPSA) is 63.3 Å². The van der Waals surface area contributed by atoms with Crippen LogP contribution in [0.2, 0.25) is 0 Å². The molecule has 2 aromatic rings. The summed E-state index contributed by atoms with van der Waals surface area (Å²) < 4.78 is 5.47. The van der Waals surface area contributed by atoms with E-state index in [1.807, 2.05) is 6.26 Å². The summed E-state index contributed by atoms with van der Waals surface area (Å²) in [5, 5.41) is 8.83. The predicted octanol–water partition coefficient (Wildman–Crippen LogP) is 2.43. The van der Waals surface area contributed by atoms with Gasteiger partial charge in [0.25, 0.3) is 0 Å². The number of thioether (sulfide) groups is 1.